The number of fused-ring (bicyclic) bond motifs is 1. The van der Waals surface area contributed by atoms with Crippen molar-refractivity contribution in [3.8, 4) is 0 Å². The van der Waals surface area contributed by atoms with Gasteiger partial charge in [-0.3, -0.25) is 4.90 Å². The van der Waals surface area contributed by atoms with Gasteiger partial charge in [0.15, 0.2) is 0 Å². The van der Waals surface area contributed by atoms with Gasteiger partial charge in [0.05, 0.1) is 0 Å². The van der Waals surface area contributed by atoms with E-state index in [0.29, 0.717) is 17.1 Å². The number of carbonyl (C=O) groups is 1. The van der Waals surface area contributed by atoms with Crippen LogP contribution in [-0.2, 0) is 23.3 Å². The minimum atomic E-state index is -1.11. The number of hydrogen-bond donors (Lipinski definition) is 1. The Morgan fingerprint density at radius 3 is 2.70 bits per heavy atom. The number of hydrogen-bond acceptors (Lipinski definition) is 3. The zero-order chi connectivity index (χ0) is 15.0. The summed E-state index contributed by atoms with van der Waals surface area (Å²) in [6, 6.07) is 9.29. The molecule has 0 fully saturated rings. The van der Waals surface area contributed by atoms with Crippen LogP contribution in [0.1, 0.15) is 22.9 Å². The van der Waals surface area contributed by atoms with Gasteiger partial charge in [-0.1, -0.05) is 29.8 Å². The molecule has 1 aliphatic rings. The predicted molar refractivity (Wildman–Crippen MR) is 95.7 cm³/mol. The van der Waals surface area contributed by atoms with Crippen molar-refractivity contribution >= 4 is 41.3 Å². The largest absolute Gasteiger partial charge is 0.480 e. The minimum Gasteiger partial charge on any atom is -0.480 e. The number of halogens is 2. The maximum atomic E-state index is 12.0. The quantitative estimate of drug-likeness (QED) is 0.893. The lowest BCUT2D eigenvalue weighted by atomic mass is 9.88. The van der Waals surface area contributed by atoms with Crippen molar-refractivity contribution in [1.29, 1.82) is 0 Å². The van der Waals surface area contributed by atoms with Crippen LogP contribution in [0.15, 0.2) is 35.7 Å². The molecule has 7 heteroatoms. The van der Waals surface area contributed by atoms with Crippen molar-refractivity contribution in [1.82, 2.24) is 4.90 Å². The Morgan fingerprint density at radius 1 is 1.35 bits per heavy atom. The number of carboxylic acids is 1. The molecule has 1 unspecified atom stereocenters. The summed E-state index contributed by atoms with van der Waals surface area (Å²) in [6.45, 7) is 3.11. The lowest BCUT2D eigenvalue weighted by molar-refractivity contribution is -0.152. The first-order chi connectivity index (χ1) is 10.0. The average molecular weight is 376 g/mol. The fourth-order valence-corrected chi connectivity index (χ4v) is 4.12. The monoisotopic (exact) mass is 375 g/mol. The summed E-state index contributed by atoms with van der Waals surface area (Å²) >= 11 is 8.01. The van der Waals surface area contributed by atoms with Gasteiger partial charge in [0, 0.05) is 28.6 Å². The van der Waals surface area contributed by atoms with Crippen LogP contribution in [-0.4, -0.2) is 28.0 Å². The van der Waals surface area contributed by atoms with Crippen LogP contribution in [0.25, 0.3) is 0 Å². The third-order valence-electron chi connectivity index (χ3n) is 4.25. The van der Waals surface area contributed by atoms with Crippen LogP contribution in [0.2, 0.25) is 5.02 Å². The third kappa shape index (κ3) is 3.39. The van der Waals surface area contributed by atoms with E-state index in [1.54, 1.807) is 30.4 Å². The summed E-state index contributed by atoms with van der Waals surface area (Å²) in [5.74, 6) is -0.866. The maximum Gasteiger partial charge on any atom is 0.328 e. The van der Waals surface area contributed by atoms with E-state index in [2.05, 4.69) is 11.4 Å². The third-order valence-corrected chi connectivity index (χ3v) is 5.61. The Hall–Kier alpha value is -1.11. The molecule has 3 N–H and O–H groups in total. The van der Waals surface area contributed by atoms with Gasteiger partial charge in [0.25, 0.3) is 0 Å². The van der Waals surface area contributed by atoms with Gasteiger partial charge in [-0.05, 0) is 36.4 Å². The van der Waals surface area contributed by atoms with Crippen molar-refractivity contribution in [2.24, 2.45) is 0 Å². The molecule has 2 heterocycles. The Morgan fingerprint density at radius 2 is 2.04 bits per heavy atom. The molecule has 0 radical (unpaired) electrons. The molecule has 2 aromatic rings. The van der Waals surface area contributed by atoms with Crippen molar-refractivity contribution < 1.29 is 15.4 Å². The normalized spacial score (nSPS) is 16.4. The molecule has 0 amide bonds. The minimum absolute atomic E-state index is 0. The predicted octanol–water partition coefficient (Wildman–Crippen LogP) is 3.36. The Balaban J connectivity index is 0.00000132. The summed E-state index contributed by atoms with van der Waals surface area (Å²) in [5.41, 5.74) is 0.765. The lowest BCUT2D eigenvalue weighted by Gasteiger charge is -2.40. The van der Waals surface area contributed by atoms with Crippen LogP contribution in [0.4, 0.5) is 0 Å². The topological polar surface area (TPSA) is 72.0 Å². The second kappa shape index (κ2) is 7.64. The fraction of sp³-hybridized carbons (Fsp3) is 0.312. The molecule has 1 aromatic carbocycles. The Kier molecular flexibility index (Phi) is 6.62. The summed E-state index contributed by atoms with van der Waals surface area (Å²) in [5, 5.41) is 12.4. The number of thiophene rings is 1. The zero-order valence-corrected chi connectivity index (χ0v) is 15.0. The standard InChI is InChI=1S/C16H16ClNO2S.ClH.H2O/c1-16(15(19)20,12-4-2-3-5-13(12)17)18-8-6-14-11(10-18)7-9-21-14;;/h2-5,7,9H,6,8,10H2,1H3,(H,19,20);1H;1H2. The highest BCUT2D eigenvalue weighted by atomic mass is 35.5. The molecule has 4 nitrogen and oxygen atoms in total. The highest BCUT2D eigenvalue weighted by molar-refractivity contribution is 7.10. The average Bonchev–Trinajstić information content (AvgIpc) is 2.94. The smallest absolute Gasteiger partial charge is 0.328 e. The number of benzene rings is 1. The molecular weight excluding hydrogens is 357 g/mol. The van der Waals surface area contributed by atoms with E-state index in [9.17, 15) is 9.90 Å². The van der Waals surface area contributed by atoms with E-state index in [4.69, 9.17) is 11.6 Å². The van der Waals surface area contributed by atoms with Crippen LogP contribution in [0, 0.1) is 0 Å². The number of carboxylic acid groups (broad SMARTS) is 1. The van der Waals surface area contributed by atoms with Crippen molar-refractivity contribution in [2.45, 2.75) is 25.4 Å². The van der Waals surface area contributed by atoms with E-state index in [0.717, 1.165) is 13.0 Å². The SMILES string of the molecule is CC(C(=O)O)(c1ccccc1Cl)N1CCc2sccc2C1.Cl.O. The molecule has 126 valence electrons. The van der Waals surface area contributed by atoms with Gasteiger partial charge in [0.1, 0.15) is 5.54 Å². The second-order valence-corrected chi connectivity index (χ2v) is 6.81. The first-order valence-corrected chi connectivity index (χ1v) is 8.08. The van der Waals surface area contributed by atoms with E-state index in [1.807, 2.05) is 17.0 Å². The number of nitrogens with zero attached hydrogens (tertiary/aromatic N) is 1. The number of rotatable bonds is 3. The lowest BCUT2D eigenvalue weighted by Crippen LogP contribution is -2.51. The molecular formula is C16H19Cl2NO3S. The highest BCUT2D eigenvalue weighted by Gasteiger charge is 2.43. The van der Waals surface area contributed by atoms with E-state index < -0.39 is 11.5 Å². The number of aliphatic carboxylic acids is 1. The Bertz CT molecular complexity index is 691. The van der Waals surface area contributed by atoms with E-state index in [1.165, 1.54) is 10.4 Å². The molecule has 1 atom stereocenters. The molecule has 0 spiro atoms. The Labute approximate surface area is 150 Å². The van der Waals surface area contributed by atoms with Crippen LogP contribution in [0.3, 0.4) is 0 Å². The van der Waals surface area contributed by atoms with Crippen LogP contribution >= 0.6 is 35.3 Å². The van der Waals surface area contributed by atoms with Gasteiger partial charge < -0.3 is 10.6 Å². The molecule has 0 bridgehead atoms. The fourth-order valence-electron chi connectivity index (χ4n) is 2.91. The maximum absolute atomic E-state index is 12.0. The van der Waals surface area contributed by atoms with Crippen molar-refractivity contribution in [3.05, 3.63) is 56.7 Å². The van der Waals surface area contributed by atoms with E-state index >= 15 is 0 Å². The molecule has 0 saturated heterocycles. The molecule has 0 aliphatic carbocycles. The van der Waals surface area contributed by atoms with Crippen molar-refractivity contribution in [2.75, 3.05) is 6.54 Å². The van der Waals surface area contributed by atoms with Crippen LogP contribution < -0.4 is 0 Å². The summed E-state index contributed by atoms with van der Waals surface area (Å²) in [7, 11) is 0. The van der Waals surface area contributed by atoms with Gasteiger partial charge in [-0.25, -0.2) is 4.79 Å². The van der Waals surface area contributed by atoms with E-state index in [-0.39, 0.29) is 17.9 Å². The summed E-state index contributed by atoms with van der Waals surface area (Å²) in [4.78, 5) is 15.4. The van der Waals surface area contributed by atoms with Crippen LogP contribution in [0.5, 0.6) is 0 Å². The summed E-state index contributed by atoms with van der Waals surface area (Å²) in [6.07, 6.45) is 0.889. The second-order valence-electron chi connectivity index (χ2n) is 5.40. The van der Waals surface area contributed by atoms with Crippen molar-refractivity contribution in [3.63, 3.8) is 0 Å². The van der Waals surface area contributed by atoms with Gasteiger partial charge in [0.2, 0.25) is 0 Å². The van der Waals surface area contributed by atoms with Gasteiger partial charge >= 0.3 is 5.97 Å². The summed E-state index contributed by atoms with van der Waals surface area (Å²) < 4.78 is 0. The van der Waals surface area contributed by atoms with Gasteiger partial charge in [-0.2, -0.15) is 0 Å². The first kappa shape index (κ1) is 19.9. The molecule has 1 aliphatic heterocycles. The molecule has 1 aromatic heterocycles. The molecule has 3 rings (SSSR count). The van der Waals surface area contributed by atoms with Gasteiger partial charge in [-0.15, -0.1) is 23.7 Å². The molecule has 23 heavy (non-hydrogen) atoms. The molecule has 0 saturated carbocycles. The first-order valence-electron chi connectivity index (χ1n) is 6.82. The highest BCUT2D eigenvalue weighted by Crippen LogP contribution is 2.37. The zero-order valence-electron chi connectivity index (χ0n) is 12.6.